The van der Waals surface area contributed by atoms with Crippen LogP contribution in [-0.4, -0.2) is 35.6 Å². The van der Waals surface area contributed by atoms with Crippen LogP contribution < -0.4 is 5.32 Å². The average Bonchev–Trinajstić information content (AvgIpc) is 3.16. The van der Waals surface area contributed by atoms with Crippen LogP contribution in [0.2, 0.25) is 0 Å². The van der Waals surface area contributed by atoms with Crippen LogP contribution in [0.15, 0.2) is 0 Å². The van der Waals surface area contributed by atoms with Crippen molar-refractivity contribution in [2.75, 3.05) is 6.54 Å². The van der Waals surface area contributed by atoms with E-state index in [1.54, 1.807) is 51.4 Å². The third kappa shape index (κ3) is 2.96. The number of nitrogens with zero attached hydrogens (tertiary/aromatic N) is 1. The van der Waals surface area contributed by atoms with Gasteiger partial charge in [0.05, 0.1) is 0 Å². The molecule has 5 saturated carbocycles. The average molecular weight is 439 g/mol. The van der Waals surface area contributed by atoms with Crippen LogP contribution >= 0.6 is 0 Å². The third-order valence-electron chi connectivity index (χ3n) is 12.6. The number of hydrogen-bond donors (Lipinski definition) is 1. The summed E-state index contributed by atoms with van der Waals surface area (Å²) in [6, 6.07) is 3.71. The first-order valence-corrected chi connectivity index (χ1v) is 15.4. The molecule has 7 aliphatic rings. The zero-order valence-electron chi connectivity index (χ0n) is 20.8. The lowest BCUT2D eigenvalue weighted by atomic mass is 9.46. The number of nitrogens with one attached hydrogen (secondary N) is 1. The van der Waals surface area contributed by atoms with Gasteiger partial charge in [-0.1, -0.05) is 57.8 Å². The van der Waals surface area contributed by atoms with Crippen molar-refractivity contribution >= 4 is 0 Å². The summed E-state index contributed by atoms with van der Waals surface area (Å²) in [7, 11) is 0. The first-order valence-electron chi connectivity index (χ1n) is 15.4. The van der Waals surface area contributed by atoms with E-state index in [0.29, 0.717) is 5.41 Å². The van der Waals surface area contributed by atoms with Crippen LogP contribution in [0.5, 0.6) is 0 Å². The molecule has 0 aromatic carbocycles. The van der Waals surface area contributed by atoms with Crippen molar-refractivity contribution in [1.29, 1.82) is 0 Å². The normalized spacial score (nSPS) is 52.1. The number of rotatable bonds is 1. The summed E-state index contributed by atoms with van der Waals surface area (Å²) in [6.07, 6.45) is 29.2. The molecule has 0 radical (unpaired) electrons. The highest BCUT2D eigenvalue weighted by Crippen LogP contribution is 2.70. The molecule has 180 valence electrons. The fourth-order valence-corrected chi connectivity index (χ4v) is 12.0. The Morgan fingerprint density at radius 3 is 1.78 bits per heavy atom. The lowest BCUT2D eigenvalue weighted by molar-refractivity contribution is -0.185. The second kappa shape index (κ2) is 8.54. The van der Waals surface area contributed by atoms with Crippen LogP contribution in [0, 0.1) is 35.0 Å². The van der Waals surface area contributed by atoms with Gasteiger partial charge in [0, 0.05) is 24.2 Å². The number of fused-ring (bicyclic) bond motifs is 9. The van der Waals surface area contributed by atoms with E-state index in [1.807, 2.05) is 0 Å². The molecule has 8 unspecified atom stereocenters. The first-order chi connectivity index (χ1) is 15.9. The minimum absolute atomic E-state index is 0.664. The predicted molar refractivity (Wildman–Crippen MR) is 133 cm³/mol. The van der Waals surface area contributed by atoms with E-state index < -0.39 is 0 Å². The minimum atomic E-state index is 0.664. The molecule has 0 aromatic heterocycles. The molecule has 7 fully saturated rings. The van der Waals surface area contributed by atoms with Gasteiger partial charge >= 0.3 is 0 Å². The quantitative estimate of drug-likeness (QED) is 0.477. The highest BCUT2D eigenvalue weighted by Gasteiger charge is 2.70. The molecule has 2 saturated heterocycles. The maximum Gasteiger partial charge on any atom is 0.0164 e. The summed E-state index contributed by atoms with van der Waals surface area (Å²) in [6.45, 7) is 1.32. The van der Waals surface area contributed by atoms with Crippen molar-refractivity contribution in [3.63, 3.8) is 0 Å². The second-order valence-electron chi connectivity index (χ2n) is 13.4. The van der Waals surface area contributed by atoms with E-state index in [9.17, 15) is 0 Å². The van der Waals surface area contributed by atoms with Crippen molar-refractivity contribution in [3.8, 4) is 0 Å². The maximum atomic E-state index is 4.34. The van der Waals surface area contributed by atoms with Gasteiger partial charge in [0.2, 0.25) is 0 Å². The fourth-order valence-electron chi connectivity index (χ4n) is 12.0. The lowest BCUT2D eigenvalue weighted by Crippen LogP contribution is -2.72. The van der Waals surface area contributed by atoms with Gasteiger partial charge in [-0.3, -0.25) is 4.90 Å². The molecule has 8 atom stereocenters. The zero-order chi connectivity index (χ0) is 21.1. The van der Waals surface area contributed by atoms with E-state index >= 15 is 0 Å². The summed E-state index contributed by atoms with van der Waals surface area (Å²) >= 11 is 0. The monoisotopic (exact) mass is 438 g/mol. The zero-order valence-corrected chi connectivity index (χ0v) is 20.8. The van der Waals surface area contributed by atoms with Crippen molar-refractivity contribution < 1.29 is 0 Å². The SMILES string of the molecule is C1CCC(N2C3CCCCC3C3(C4CCCCC4C4CCCNC43)C3CCCCC32)CC1. The molecule has 32 heavy (non-hydrogen) atoms. The van der Waals surface area contributed by atoms with Gasteiger partial charge in [0.1, 0.15) is 0 Å². The van der Waals surface area contributed by atoms with Gasteiger partial charge in [-0.05, 0) is 106 Å². The van der Waals surface area contributed by atoms with Crippen LogP contribution in [0.25, 0.3) is 0 Å². The summed E-state index contributed by atoms with van der Waals surface area (Å²) in [5, 5.41) is 4.34. The van der Waals surface area contributed by atoms with E-state index in [-0.39, 0.29) is 0 Å². The molecule has 2 heterocycles. The Labute approximate surface area is 198 Å². The van der Waals surface area contributed by atoms with Crippen molar-refractivity contribution in [2.24, 2.45) is 35.0 Å². The lowest BCUT2D eigenvalue weighted by Gasteiger charge is -2.68. The van der Waals surface area contributed by atoms with Crippen LogP contribution in [-0.2, 0) is 0 Å². The van der Waals surface area contributed by atoms with Crippen molar-refractivity contribution in [1.82, 2.24) is 10.2 Å². The largest absolute Gasteiger partial charge is 0.313 e. The summed E-state index contributed by atoms with van der Waals surface area (Å²) < 4.78 is 0. The molecular formula is C30H50N2. The summed E-state index contributed by atoms with van der Waals surface area (Å²) in [4.78, 5) is 3.31. The molecular weight excluding hydrogens is 388 g/mol. The Bertz CT molecular complexity index is 620. The summed E-state index contributed by atoms with van der Waals surface area (Å²) in [5.74, 6) is 5.21. The van der Waals surface area contributed by atoms with Crippen LogP contribution in [0.1, 0.15) is 122 Å². The number of hydrogen-bond acceptors (Lipinski definition) is 2. The fraction of sp³-hybridized carbons (Fsp3) is 1.00. The van der Waals surface area contributed by atoms with Crippen molar-refractivity contribution in [3.05, 3.63) is 0 Å². The summed E-state index contributed by atoms with van der Waals surface area (Å²) in [5.41, 5.74) is 0.664. The molecule has 2 nitrogen and oxygen atoms in total. The third-order valence-corrected chi connectivity index (χ3v) is 12.6. The molecule has 5 aliphatic carbocycles. The molecule has 1 N–H and O–H groups in total. The van der Waals surface area contributed by atoms with E-state index in [0.717, 1.165) is 53.8 Å². The Balaban J connectivity index is 1.36. The second-order valence-corrected chi connectivity index (χ2v) is 13.4. The molecule has 1 spiro atoms. The molecule has 0 aromatic rings. The molecule has 0 bridgehead atoms. The predicted octanol–water partition coefficient (Wildman–Crippen LogP) is 6.93. The molecule has 0 amide bonds. The minimum Gasteiger partial charge on any atom is -0.313 e. The van der Waals surface area contributed by atoms with Gasteiger partial charge in [-0.25, -0.2) is 0 Å². The van der Waals surface area contributed by atoms with Crippen LogP contribution in [0.4, 0.5) is 0 Å². The highest BCUT2D eigenvalue weighted by atomic mass is 15.3. The van der Waals surface area contributed by atoms with E-state index in [1.165, 1.54) is 77.2 Å². The Kier molecular flexibility index (Phi) is 5.67. The van der Waals surface area contributed by atoms with Gasteiger partial charge < -0.3 is 5.32 Å². The van der Waals surface area contributed by atoms with Gasteiger partial charge in [-0.15, -0.1) is 0 Å². The van der Waals surface area contributed by atoms with Gasteiger partial charge in [-0.2, -0.15) is 0 Å². The standard InChI is InChI=1S/C30H50N2/c1-2-11-21(12-3-1)32-27-18-8-6-16-25(27)30(26-17-7-9-19-28(26)32)24-15-5-4-13-22(24)23-14-10-20-31-29(23)30/h21-29,31H,1-20H2. The first kappa shape index (κ1) is 21.2. The van der Waals surface area contributed by atoms with E-state index in [2.05, 4.69) is 10.2 Å². The Morgan fingerprint density at radius 2 is 1.06 bits per heavy atom. The molecule has 7 rings (SSSR count). The van der Waals surface area contributed by atoms with Crippen molar-refractivity contribution in [2.45, 2.75) is 146 Å². The topological polar surface area (TPSA) is 15.3 Å². The van der Waals surface area contributed by atoms with Gasteiger partial charge in [0.15, 0.2) is 0 Å². The maximum absolute atomic E-state index is 4.34. The molecule has 2 aliphatic heterocycles. The van der Waals surface area contributed by atoms with Crippen LogP contribution in [0.3, 0.4) is 0 Å². The smallest absolute Gasteiger partial charge is 0.0164 e. The Morgan fingerprint density at radius 1 is 0.500 bits per heavy atom. The number of piperidine rings is 2. The van der Waals surface area contributed by atoms with E-state index in [4.69, 9.17) is 0 Å². The number of likely N-dealkylation sites (tertiary alicyclic amines) is 1. The Hall–Kier alpha value is -0.0800. The molecule has 2 heteroatoms. The van der Waals surface area contributed by atoms with Gasteiger partial charge in [0.25, 0.3) is 0 Å². The highest BCUT2D eigenvalue weighted by molar-refractivity contribution is 5.22.